The van der Waals surface area contributed by atoms with E-state index in [2.05, 4.69) is 4.18 Å². The first kappa shape index (κ1) is 6.80. The van der Waals surface area contributed by atoms with Crippen LogP contribution in [-0.4, -0.2) is 6.61 Å². The fourth-order valence-corrected chi connectivity index (χ4v) is 0.454. The Morgan fingerprint density at radius 1 is 1.86 bits per heavy atom. The van der Waals surface area contributed by atoms with Crippen molar-refractivity contribution < 1.29 is 4.18 Å². The van der Waals surface area contributed by atoms with Crippen LogP contribution < -0.4 is 0 Å². The summed E-state index contributed by atoms with van der Waals surface area (Å²) in [5.74, 6) is 0. The van der Waals surface area contributed by atoms with Crippen molar-refractivity contribution in [1.82, 2.24) is 0 Å². The number of nitrogens with zero attached hydrogens (tertiary/aromatic N) is 1. The number of rotatable bonds is 3. The summed E-state index contributed by atoms with van der Waals surface area (Å²) >= 11 is 0.838. The van der Waals surface area contributed by atoms with Crippen LogP contribution in [0.1, 0.15) is 13.3 Å². The molecule has 0 aromatic rings. The molecule has 0 saturated carbocycles. The Morgan fingerprint density at radius 2 is 2.57 bits per heavy atom. The van der Waals surface area contributed by atoms with Crippen LogP contribution in [-0.2, 0) is 4.18 Å². The molecule has 0 amide bonds. The molecule has 40 valence electrons. The summed E-state index contributed by atoms with van der Waals surface area (Å²) in [5, 5.41) is 9.68. The van der Waals surface area contributed by atoms with Crippen LogP contribution in [0, 0.1) is 10.7 Å². The summed E-state index contributed by atoms with van der Waals surface area (Å²) in [5.41, 5.74) is 0. The molecule has 0 bridgehead atoms. The molecule has 2 nitrogen and oxygen atoms in total. The maximum absolute atomic E-state index is 7.88. The van der Waals surface area contributed by atoms with Crippen molar-refractivity contribution in [2.45, 2.75) is 13.3 Å². The highest BCUT2D eigenvalue weighted by Gasteiger charge is 1.79. The minimum Gasteiger partial charge on any atom is -0.302 e. The minimum atomic E-state index is 0.665. The van der Waals surface area contributed by atoms with Crippen LogP contribution in [0.4, 0.5) is 0 Å². The third kappa shape index (κ3) is 5.80. The van der Waals surface area contributed by atoms with E-state index in [1.165, 1.54) is 0 Å². The predicted octanol–water partition coefficient (Wildman–Crippen LogP) is 1.54. The normalized spacial score (nSPS) is 8.00. The van der Waals surface area contributed by atoms with Gasteiger partial charge in [-0.2, -0.15) is 5.26 Å². The maximum atomic E-state index is 7.88. The Bertz CT molecular complexity index is 68.6. The minimum absolute atomic E-state index is 0.665. The van der Waals surface area contributed by atoms with E-state index in [4.69, 9.17) is 5.26 Å². The lowest BCUT2D eigenvalue weighted by Gasteiger charge is -1.87. The first-order valence-electron chi connectivity index (χ1n) is 2.09. The number of hydrogen-bond acceptors (Lipinski definition) is 3. The topological polar surface area (TPSA) is 33.0 Å². The molecule has 0 unspecified atom stereocenters. The van der Waals surface area contributed by atoms with Gasteiger partial charge in [0.15, 0.2) is 5.40 Å². The molecule has 3 heteroatoms. The average Bonchev–Trinajstić information content (AvgIpc) is 1.69. The summed E-state index contributed by atoms with van der Waals surface area (Å²) in [6, 6.07) is 0. The number of thiocyanates is 1. The van der Waals surface area contributed by atoms with Crippen molar-refractivity contribution in [3.8, 4) is 5.40 Å². The van der Waals surface area contributed by atoms with Crippen molar-refractivity contribution in [2.24, 2.45) is 0 Å². The Kier molecular flexibility index (Phi) is 5.63. The molecular formula is C4H7NOS. The van der Waals surface area contributed by atoms with Gasteiger partial charge in [0.05, 0.1) is 6.61 Å². The van der Waals surface area contributed by atoms with E-state index in [-0.39, 0.29) is 0 Å². The molecule has 0 N–H and O–H groups in total. The van der Waals surface area contributed by atoms with Gasteiger partial charge in [-0.25, -0.2) is 0 Å². The molecule has 0 aliphatic carbocycles. The summed E-state index contributed by atoms with van der Waals surface area (Å²) in [4.78, 5) is 0. The fraction of sp³-hybridized carbons (Fsp3) is 0.750. The number of hydrogen-bond donors (Lipinski definition) is 0. The smallest absolute Gasteiger partial charge is 0.163 e. The van der Waals surface area contributed by atoms with E-state index in [1.807, 2.05) is 6.92 Å². The lowest BCUT2D eigenvalue weighted by atomic mass is 10.5. The Hall–Kier alpha value is -0.200. The fourth-order valence-electron chi connectivity index (χ4n) is 0.151. The quantitative estimate of drug-likeness (QED) is 0.319. The van der Waals surface area contributed by atoms with Crippen molar-refractivity contribution in [3.05, 3.63) is 0 Å². The average molecular weight is 117 g/mol. The Labute approximate surface area is 47.7 Å². The maximum Gasteiger partial charge on any atom is 0.163 e. The van der Waals surface area contributed by atoms with Gasteiger partial charge in [0, 0.05) is 0 Å². The summed E-state index contributed by atoms with van der Waals surface area (Å²) in [6.07, 6.45) is 0.967. The van der Waals surface area contributed by atoms with Gasteiger partial charge in [-0.1, -0.05) is 6.92 Å². The second kappa shape index (κ2) is 5.80. The molecule has 0 aromatic heterocycles. The monoisotopic (exact) mass is 117 g/mol. The second-order valence-corrected chi connectivity index (χ2v) is 1.58. The van der Waals surface area contributed by atoms with E-state index in [1.54, 1.807) is 5.40 Å². The third-order valence-electron chi connectivity index (χ3n) is 0.384. The van der Waals surface area contributed by atoms with Gasteiger partial charge in [0.1, 0.15) is 12.0 Å². The van der Waals surface area contributed by atoms with Crippen LogP contribution in [0.2, 0.25) is 0 Å². The lowest BCUT2D eigenvalue weighted by Crippen LogP contribution is -1.78. The van der Waals surface area contributed by atoms with Gasteiger partial charge in [-0.05, 0) is 6.42 Å². The van der Waals surface area contributed by atoms with Crippen LogP contribution in [0.3, 0.4) is 0 Å². The van der Waals surface area contributed by atoms with E-state index < -0.39 is 0 Å². The van der Waals surface area contributed by atoms with Crippen molar-refractivity contribution in [3.63, 3.8) is 0 Å². The molecule has 0 aliphatic heterocycles. The van der Waals surface area contributed by atoms with Gasteiger partial charge >= 0.3 is 0 Å². The zero-order valence-corrected chi connectivity index (χ0v) is 4.99. The molecule has 0 aromatic carbocycles. The molecule has 7 heavy (non-hydrogen) atoms. The summed E-state index contributed by atoms with van der Waals surface area (Å²) < 4.78 is 4.69. The van der Waals surface area contributed by atoms with Crippen LogP contribution >= 0.6 is 12.0 Å². The second-order valence-electron chi connectivity index (χ2n) is 0.997. The summed E-state index contributed by atoms with van der Waals surface area (Å²) in [6.45, 7) is 2.66. The molecule has 0 aliphatic rings. The van der Waals surface area contributed by atoms with Gasteiger partial charge < -0.3 is 4.18 Å². The molecule has 0 heterocycles. The van der Waals surface area contributed by atoms with Gasteiger partial charge in [0.25, 0.3) is 0 Å². The van der Waals surface area contributed by atoms with E-state index in [9.17, 15) is 0 Å². The molecular weight excluding hydrogens is 110 g/mol. The van der Waals surface area contributed by atoms with Gasteiger partial charge in [-0.3, -0.25) is 0 Å². The zero-order valence-electron chi connectivity index (χ0n) is 4.18. The van der Waals surface area contributed by atoms with Gasteiger partial charge in [-0.15, -0.1) is 0 Å². The number of nitriles is 1. The largest absolute Gasteiger partial charge is 0.302 e. The van der Waals surface area contributed by atoms with E-state index in [0.29, 0.717) is 6.61 Å². The zero-order chi connectivity index (χ0) is 5.54. The Balaban J connectivity index is 2.60. The van der Waals surface area contributed by atoms with Gasteiger partial charge in [0.2, 0.25) is 0 Å². The highest BCUT2D eigenvalue weighted by atomic mass is 32.2. The predicted molar refractivity (Wildman–Crippen MR) is 29.4 cm³/mol. The Morgan fingerprint density at radius 3 is 3.00 bits per heavy atom. The lowest BCUT2D eigenvalue weighted by molar-refractivity contribution is 0.377. The highest BCUT2D eigenvalue weighted by molar-refractivity contribution is 7.99. The van der Waals surface area contributed by atoms with Crippen molar-refractivity contribution in [1.29, 1.82) is 5.26 Å². The van der Waals surface area contributed by atoms with E-state index in [0.717, 1.165) is 18.5 Å². The standard InChI is InChI=1S/C4H7NOS/c1-2-3-6-7-4-5/h2-3H2,1H3. The molecule has 0 saturated heterocycles. The van der Waals surface area contributed by atoms with E-state index >= 15 is 0 Å². The SMILES string of the molecule is CCCOSC#N. The summed E-state index contributed by atoms with van der Waals surface area (Å²) in [7, 11) is 0. The molecule has 0 fully saturated rings. The van der Waals surface area contributed by atoms with Crippen LogP contribution in [0.15, 0.2) is 0 Å². The van der Waals surface area contributed by atoms with Crippen molar-refractivity contribution in [2.75, 3.05) is 6.61 Å². The first-order valence-corrected chi connectivity index (χ1v) is 2.83. The first-order chi connectivity index (χ1) is 3.41. The molecule has 0 radical (unpaired) electrons. The molecule has 0 rings (SSSR count). The van der Waals surface area contributed by atoms with Crippen molar-refractivity contribution >= 4 is 12.0 Å². The molecule has 0 spiro atoms. The third-order valence-corrected chi connectivity index (χ3v) is 0.743. The molecule has 0 atom stereocenters. The van der Waals surface area contributed by atoms with Crippen LogP contribution in [0.25, 0.3) is 0 Å². The van der Waals surface area contributed by atoms with Crippen LogP contribution in [0.5, 0.6) is 0 Å². The highest BCUT2D eigenvalue weighted by Crippen LogP contribution is 1.97.